The Hall–Kier alpha value is -1.83. The smallest absolute Gasteiger partial charge is 0.255 e. The fourth-order valence-electron chi connectivity index (χ4n) is 3.39. The first-order chi connectivity index (χ1) is 13.0. The van der Waals surface area contributed by atoms with Gasteiger partial charge >= 0.3 is 0 Å². The van der Waals surface area contributed by atoms with E-state index in [1.807, 2.05) is 25.3 Å². The molecule has 27 heavy (non-hydrogen) atoms. The van der Waals surface area contributed by atoms with Crippen molar-refractivity contribution in [3.05, 3.63) is 78.5 Å². The molecule has 0 bridgehead atoms. The quantitative estimate of drug-likeness (QED) is 0.598. The first-order valence-corrected chi connectivity index (χ1v) is 10.3. The van der Waals surface area contributed by atoms with E-state index >= 15 is 0 Å². The predicted octanol–water partition coefficient (Wildman–Crippen LogP) is 4.22. The summed E-state index contributed by atoms with van der Waals surface area (Å²) < 4.78 is 2.03. The van der Waals surface area contributed by atoms with E-state index in [4.69, 9.17) is 0 Å². The number of nitrogens with zero attached hydrogens (tertiary/aromatic N) is 3. The molecule has 1 aromatic carbocycles. The summed E-state index contributed by atoms with van der Waals surface area (Å²) in [5.74, 6) is 0.686. The second-order valence-corrected chi connectivity index (χ2v) is 8.58. The molecule has 0 radical (unpaired) electrons. The molecule has 0 amide bonds. The normalized spacial score (nSPS) is 14.2. The first kappa shape index (κ1) is 18.5. The summed E-state index contributed by atoms with van der Waals surface area (Å²) in [5, 5.41) is 0. The average Bonchev–Trinajstić information content (AvgIpc) is 2.62. The second-order valence-electron chi connectivity index (χ2n) is 6.75. The van der Waals surface area contributed by atoms with E-state index in [0.717, 1.165) is 56.5 Å². The van der Waals surface area contributed by atoms with Crippen LogP contribution in [-0.2, 0) is 19.5 Å². The molecule has 138 valence electrons. The molecule has 0 unspecified atom stereocenters. The van der Waals surface area contributed by atoms with Crippen LogP contribution >= 0.6 is 31.9 Å². The third kappa shape index (κ3) is 4.20. The third-order valence-corrected chi connectivity index (χ3v) is 5.57. The van der Waals surface area contributed by atoms with E-state index in [1.165, 1.54) is 0 Å². The van der Waals surface area contributed by atoms with E-state index in [1.54, 1.807) is 0 Å². The van der Waals surface area contributed by atoms with Crippen LogP contribution in [0.4, 0.5) is 0 Å². The summed E-state index contributed by atoms with van der Waals surface area (Å²) in [6, 6.07) is 10.2. The Morgan fingerprint density at radius 3 is 2.67 bits per heavy atom. The lowest BCUT2D eigenvalue weighted by molar-refractivity contribution is 0.241. The van der Waals surface area contributed by atoms with Crippen LogP contribution in [0.3, 0.4) is 0 Å². The zero-order valence-corrected chi connectivity index (χ0v) is 18.0. The highest BCUT2D eigenvalue weighted by atomic mass is 79.9. The van der Waals surface area contributed by atoms with Crippen molar-refractivity contribution in [1.29, 1.82) is 0 Å². The molecule has 1 aliphatic heterocycles. The zero-order valence-electron chi connectivity index (χ0n) is 14.8. The maximum Gasteiger partial charge on any atom is 0.255 e. The standard InChI is InChI=1S/C20H18Br2N4O/c1-12-24-19-4-5-26(11-17(19)20(27)25-12)10-13-2-3-18(23-9-13)14-6-15(21)8-16(22)7-14/h2-3,6-9H,4-5,10-11H2,1H3,(H,24,25,27). The van der Waals surface area contributed by atoms with Crippen molar-refractivity contribution >= 4 is 31.9 Å². The fraction of sp³-hybridized carbons (Fsp3) is 0.250. The lowest BCUT2D eigenvalue weighted by Gasteiger charge is -2.27. The van der Waals surface area contributed by atoms with E-state index < -0.39 is 0 Å². The molecule has 0 spiro atoms. The van der Waals surface area contributed by atoms with Gasteiger partial charge in [0.2, 0.25) is 0 Å². The highest BCUT2D eigenvalue weighted by Crippen LogP contribution is 2.27. The maximum atomic E-state index is 12.2. The minimum Gasteiger partial charge on any atom is -0.310 e. The Bertz CT molecular complexity index is 1030. The Labute approximate surface area is 174 Å². The number of pyridine rings is 1. The number of aromatic nitrogens is 3. The lowest BCUT2D eigenvalue weighted by atomic mass is 10.1. The monoisotopic (exact) mass is 488 g/mol. The van der Waals surface area contributed by atoms with E-state index in [2.05, 4.69) is 69.9 Å². The molecule has 7 heteroatoms. The van der Waals surface area contributed by atoms with E-state index in [0.29, 0.717) is 12.4 Å². The fourth-order valence-corrected chi connectivity index (χ4v) is 4.68. The van der Waals surface area contributed by atoms with Crippen LogP contribution in [-0.4, -0.2) is 26.4 Å². The van der Waals surface area contributed by atoms with Crippen LogP contribution in [0.5, 0.6) is 0 Å². The molecule has 3 aromatic rings. The van der Waals surface area contributed by atoms with Crippen LogP contribution in [0.15, 0.2) is 50.3 Å². The molecule has 0 saturated heterocycles. The van der Waals surface area contributed by atoms with E-state index in [9.17, 15) is 4.79 Å². The van der Waals surface area contributed by atoms with Crippen LogP contribution in [0.1, 0.15) is 22.6 Å². The summed E-state index contributed by atoms with van der Waals surface area (Å²) >= 11 is 7.03. The van der Waals surface area contributed by atoms with Gasteiger partial charge in [0.05, 0.1) is 17.0 Å². The summed E-state index contributed by atoms with van der Waals surface area (Å²) in [5.41, 5.74) is 4.82. The largest absolute Gasteiger partial charge is 0.310 e. The van der Waals surface area contributed by atoms with Crippen molar-refractivity contribution in [2.75, 3.05) is 6.54 Å². The summed E-state index contributed by atoms with van der Waals surface area (Å²) in [4.78, 5) is 26.4. The Balaban J connectivity index is 1.50. The summed E-state index contributed by atoms with van der Waals surface area (Å²) in [6.45, 7) is 4.11. The lowest BCUT2D eigenvalue weighted by Crippen LogP contribution is -2.35. The molecule has 1 aliphatic rings. The van der Waals surface area contributed by atoms with Gasteiger partial charge in [-0.3, -0.25) is 14.7 Å². The van der Waals surface area contributed by atoms with E-state index in [-0.39, 0.29) is 5.56 Å². The van der Waals surface area contributed by atoms with Crippen molar-refractivity contribution in [3.63, 3.8) is 0 Å². The SMILES string of the molecule is Cc1nc2c(c(=O)[nH]1)CN(Cc1ccc(-c3cc(Br)cc(Br)c3)nc1)CC2. The Kier molecular flexibility index (Phi) is 5.25. The van der Waals surface area contributed by atoms with Crippen molar-refractivity contribution in [2.24, 2.45) is 0 Å². The number of fused-ring (bicyclic) bond motifs is 1. The molecular formula is C20H18Br2N4O. The maximum absolute atomic E-state index is 12.2. The van der Waals surface area contributed by atoms with Crippen molar-refractivity contribution < 1.29 is 0 Å². The van der Waals surface area contributed by atoms with Crippen LogP contribution in [0.25, 0.3) is 11.3 Å². The summed E-state index contributed by atoms with van der Waals surface area (Å²) in [6.07, 6.45) is 2.72. The highest BCUT2D eigenvalue weighted by molar-refractivity contribution is 9.11. The molecule has 2 aromatic heterocycles. The van der Waals surface area contributed by atoms with Crippen molar-refractivity contribution in [2.45, 2.75) is 26.4 Å². The Morgan fingerprint density at radius 1 is 1.19 bits per heavy atom. The zero-order chi connectivity index (χ0) is 19.0. The summed E-state index contributed by atoms with van der Waals surface area (Å²) in [7, 11) is 0. The number of rotatable bonds is 3. The molecule has 0 fully saturated rings. The van der Waals surface area contributed by atoms with Gasteiger partial charge in [-0.1, -0.05) is 37.9 Å². The van der Waals surface area contributed by atoms with Crippen LogP contribution in [0, 0.1) is 6.92 Å². The number of hydrogen-bond acceptors (Lipinski definition) is 4. The minimum absolute atomic E-state index is 0.0177. The number of nitrogens with one attached hydrogen (secondary N) is 1. The van der Waals surface area contributed by atoms with Crippen LogP contribution < -0.4 is 5.56 Å². The van der Waals surface area contributed by atoms with Gasteiger partial charge in [0.1, 0.15) is 5.82 Å². The number of H-pyrrole nitrogens is 1. The van der Waals surface area contributed by atoms with Gasteiger partial charge in [-0.2, -0.15) is 0 Å². The van der Waals surface area contributed by atoms with Gasteiger partial charge in [-0.05, 0) is 36.8 Å². The number of hydrogen-bond donors (Lipinski definition) is 1. The first-order valence-electron chi connectivity index (χ1n) is 8.70. The average molecular weight is 490 g/mol. The molecule has 3 heterocycles. The topological polar surface area (TPSA) is 61.9 Å². The number of benzene rings is 1. The predicted molar refractivity (Wildman–Crippen MR) is 112 cm³/mol. The Morgan fingerprint density at radius 2 is 1.96 bits per heavy atom. The number of aromatic amines is 1. The van der Waals surface area contributed by atoms with Crippen LogP contribution in [0.2, 0.25) is 0 Å². The molecule has 0 atom stereocenters. The van der Waals surface area contributed by atoms with Gasteiger partial charge in [0, 0.05) is 46.8 Å². The van der Waals surface area contributed by atoms with Crippen molar-refractivity contribution in [3.8, 4) is 11.3 Å². The molecule has 4 rings (SSSR count). The molecule has 0 aliphatic carbocycles. The molecule has 0 saturated carbocycles. The van der Waals surface area contributed by atoms with Gasteiger partial charge in [-0.25, -0.2) is 4.98 Å². The van der Waals surface area contributed by atoms with Gasteiger partial charge < -0.3 is 4.98 Å². The van der Waals surface area contributed by atoms with Gasteiger partial charge in [-0.15, -0.1) is 0 Å². The number of halogens is 2. The minimum atomic E-state index is -0.0177. The molecule has 1 N–H and O–H groups in total. The molecular weight excluding hydrogens is 472 g/mol. The second kappa shape index (κ2) is 7.66. The third-order valence-electron chi connectivity index (χ3n) is 4.66. The van der Waals surface area contributed by atoms with Gasteiger partial charge in [0.15, 0.2) is 0 Å². The van der Waals surface area contributed by atoms with Gasteiger partial charge in [0.25, 0.3) is 5.56 Å². The number of aryl methyl sites for hydroxylation is 1. The highest BCUT2D eigenvalue weighted by Gasteiger charge is 2.20. The van der Waals surface area contributed by atoms with Crippen molar-refractivity contribution in [1.82, 2.24) is 19.9 Å². The molecule has 5 nitrogen and oxygen atoms in total.